The maximum atomic E-state index is 13.9. The van der Waals surface area contributed by atoms with Crippen LogP contribution in [0.4, 0.5) is 4.79 Å². The maximum absolute atomic E-state index is 13.9. The Morgan fingerprint density at radius 2 is 1.71 bits per heavy atom. The molecule has 4 atom stereocenters. The number of Topliss-reactive ketones (excluding diaryl/α,β-unsaturated/α-hetero) is 2. The summed E-state index contributed by atoms with van der Waals surface area (Å²) in [6, 6.07) is -3.50. The van der Waals surface area contributed by atoms with Crippen LogP contribution in [-0.4, -0.2) is 82.1 Å². The highest BCUT2D eigenvalue weighted by molar-refractivity contribution is 7.11. The van der Waals surface area contributed by atoms with Crippen molar-refractivity contribution in [3.05, 3.63) is 16.6 Å². The minimum atomic E-state index is -1.28. The summed E-state index contributed by atoms with van der Waals surface area (Å²) in [6.45, 7) is 9.24. The molecule has 1 aliphatic heterocycles. The molecule has 2 aliphatic rings. The fraction of sp³-hybridized carbons (Fsp3) is 0.667. The number of carbonyl (C=O) groups excluding carboxylic acids is 6. The highest BCUT2D eigenvalue weighted by Gasteiger charge is 2.42. The first-order chi connectivity index (χ1) is 19.2. The molecule has 1 saturated carbocycles. The van der Waals surface area contributed by atoms with Crippen molar-refractivity contribution < 1.29 is 28.8 Å². The van der Waals surface area contributed by atoms with Crippen molar-refractivity contribution in [2.75, 3.05) is 6.54 Å². The molecule has 0 radical (unpaired) electrons. The summed E-state index contributed by atoms with van der Waals surface area (Å²) in [5.74, 6) is -3.75. The molecule has 1 aromatic rings. The molecule has 0 aromatic carbocycles. The van der Waals surface area contributed by atoms with Gasteiger partial charge in [-0.3, -0.25) is 29.3 Å². The average Bonchev–Trinajstić information content (AvgIpc) is 3.55. The molecule has 14 heteroatoms. The van der Waals surface area contributed by atoms with Crippen molar-refractivity contribution in [2.45, 2.75) is 97.1 Å². The molecule has 226 valence electrons. The number of thiazole rings is 1. The number of nitrogens with one attached hydrogen (secondary N) is 4. The number of nitrogens with zero attached hydrogens (tertiary/aromatic N) is 2. The van der Waals surface area contributed by atoms with Crippen LogP contribution in [0.25, 0.3) is 0 Å². The molecule has 41 heavy (non-hydrogen) atoms. The highest BCUT2D eigenvalue weighted by atomic mass is 32.1. The number of hydrogen-bond acceptors (Lipinski definition) is 9. The summed E-state index contributed by atoms with van der Waals surface area (Å²) in [5.41, 5.74) is 4.43. The monoisotopic (exact) mass is 591 g/mol. The predicted octanol–water partition coefficient (Wildman–Crippen LogP) is 0.694. The minimum Gasteiger partial charge on any atom is -0.363 e. The summed E-state index contributed by atoms with van der Waals surface area (Å²) in [6.07, 6.45) is 3.52. The molecule has 5 amide bonds. The Bertz CT molecular complexity index is 1150. The van der Waals surface area contributed by atoms with Gasteiger partial charge in [-0.2, -0.15) is 0 Å². The van der Waals surface area contributed by atoms with E-state index in [0.717, 1.165) is 12.8 Å². The van der Waals surface area contributed by atoms with Gasteiger partial charge in [-0.1, -0.05) is 34.6 Å². The number of hydrogen-bond donors (Lipinski definition) is 5. The molecule has 6 N–H and O–H groups in total. The Labute approximate surface area is 243 Å². The molecule has 2 heterocycles. The Balaban J connectivity index is 1.75. The summed E-state index contributed by atoms with van der Waals surface area (Å²) in [5, 5.41) is 12.9. The fourth-order valence-electron chi connectivity index (χ4n) is 4.66. The van der Waals surface area contributed by atoms with Gasteiger partial charge in [0.1, 0.15) is 18.2 Å². The third-order valence-corrected chi connectivity index (χ3v) is 7.91. The molecule has 0 spiro atoms. The fourth-order valence-corrected chi connectivity index (χ4v) is 5.27. The van der Waals surface area contributed by atoms with Crippen LogP contribution >= 0.6 is 11.3 Å². The van der Waals surface area contributed by atoms with E-state index < -0.39 is 59.2 Å². The molecular formula is C27H41N7O6S. The molecule has 4 unspecified atom stereocenters. The number of likely N-dealkylation sites (tertiary alicyclic amines) is 1. The van der Waals surface area contributed by atoms with Crippen LogP contribution < -0.4 is 27.0 Å². The van der Waals surface area contributed by atoms with E-state index in [1.165, 1.54) is 22.4 Å². The second-order valence-corrected chi connectivity index (χ2v) is 12.9. The van der Waals surface area contributed by atoms with Crippen LogP contribution in [0.3, 0.4) is 0 Å². The number of primary amides is 1. The van der Waals surface area contributed by atoms with Crippen molar-refractivity contribution in [3.63, 3.8) is 0 Å². The van der Waals surface area contributed by atoms with Crippen LogP contribution in [0.15, 0.2) is 11.6 Å². The summed E-state index contributed by atoms with van der Waals surface area (Å²) >= 11 is 1.18. The van der Waals surface area contributed by atoms with Crippen molar-refractivity contribution in [2.24, 2.45) is 17.1 Å². The number of rotatable bonds is 12. The van der Waals surface area contributed by atoms with Gasteiger partial charge in [-0.25, -0.2) is 9.78 Å². The summed E-state index contributed by atoms with van der Waals surface area (Å²) < 4.78 is 0. The molecule has 0 bridgehead atoms. The van der Waals surface area contributed by atoms with Gasteiger partial charge in [-0.05, 0) is 43.4 Å². The number of aromatic nitrogens is 1. The van der Waals surface area contributed by atoms with Crippen molar-refractivity contribution in [3.8, 4) is 0 Å². The SMILES string of the molecule is CC(C)C(NC(=O)NC(C(=O)N1CCCCC1C(=O)NC(NC1CC1)C(=O)C(N)=O)C(C)(C)C)C(=O)c1nccs1. The van der Waals surface area contributed by atoms with Crippen LogP contribution in [0.1, 0.15) is 76.5 Å². The quantitative estimate of drug-likeness (QED) is 0.133. The largest absolute Gasteiger partial charge is 0.363 e. The third kappa shape index (κ3) is 8.55. The smallest absolute Gasteiger partial charge is 0.316 e. The first-order valence-corrected chi connectivity index (χ1v) is 14.8. The van der Waals surface area contributed by atoms with E-state index in [1.807, 2.05) is 0 Å². The van der Waals surface area contributed by atoms with Gasteiger partial charge in [-0.15, -0.1) is 11.3 Å². The van der Waals surface area contributed by atoms with Gasteiger partial charge >= 0.3 is 6.03 Å². The van der Waals surface area contributed by atoms with E-state index in [1.54, 1.807) is 40.0 Å². The third-order valence-electron chi connectivity index (χ3n) is 7.13. The van der Waals surface area contributed by atoms with Gasteiger partial charge in [0, 0.05) is 24.2 Å². The Hall–Kier alpha value is -3.39. The molecule has 1 aliphatic carbocycles. The number of nitrogens with two attached hydrogens (primary N) is 1. The average molecular weight is 592 g/mol. The van der Waals surface area contributed by atoms with E-state index in [0.29, 0.717) is 19.3 Å². The lowest BCUT2D eigenvalue weighted by Gasteiger charge is -2.40. The van der Waals surface area contributed by atoms with E-state index in [9.17, 15) is 28.8 Å². The lowest BCUT2D eigenvalue weighted by atomic mass is 9.85. The maximum Gasteiger partial charge on any atom is 0.316 e. The van der Waals surface area contributed by atoms with Gasteiger partial charge in [0.2, 0.25) is 17.6 Å². The lowest BCUT2D eigenvalue weighted by molar-refractivity contribution is -0.147. The van der Waals surface area contributed by atoms with Gasteiger partial charge in [0.25, 0.3) is 11.7 Å². The molecule has 1 aromatic heterocycles. The van der Waals surface area contributed by atoms with Crippen LogP contribution in [0.5, 0.6) is 0 Å². The second-order valence-electron chi connectivity index (χ2n) is 12.0. The first kappa shape index (κ1) is 32.1. The molecule has 1 saturated heterocycles. The molecule has 2 fully saturated rings. The van der Waals surface area contributed by atoms with E-state index in [2.05, 4.69) is 26.3 Å². The Morgan fingerprint density at radius 1 is 1.02 bits per heavy atom. The van der Waals surface area contributed by atoms with E-state index in [4.69, 9.17) is 5.73 Å². The molecule has 3 rings (SSSR count). The topological polar surface area (TPSA) is 193 Å². The van der Waals surface area contributed by atoms with Crippen LogP contribution in [-0.2, 0) is 19.2 Å². The number of carbonyl (C=O) groups is 6. The highest BCUT2D eigenvalue weighted by Crippen LogP contribution is 2.26. The zero-order chi connectivity index (χ0) is 30.5. The van der Waals surface area contributed by atoms with Crippen LogP contribution in [0.2, 0.25) is 0 Å². The number of ketones is 2. The lowest BCUT2D eigenvalue weighted by Crippen LogP contribution is -2.64. The normalized spacial score (nSPS) is 19.6. The molecular weight excluding hydrogens is 550 g/mol. The zero-order valence-corrected chi connectivity index (χ0v) is 25.0. The first-order valence-electron chi connectivity index (χ1n) is 13.9. The van der Waals surface area contributed by atoms with Crippen molar-refractivity contribution >= 4 is 46.7 Å². The predicted molar refractivity (Wildman–Crippen MR) is 152 cm³/mol. The van der Waals surface area contributed by atoms with Crippen LogP contribution in [0, 0.1) is 11.3 Å². The number of piperidine rings is 1. The Kier molecular flexibility index (Phi) is 10.6. The zero-order valence-electron chi connectivity index (χ0n) is 24.2. The molecule has 13 nitrogen and oxygen atoms in total. The van der Waals surface area contributed by atoms with E-state index in [-0.39, 0.29) is 29.3 Å². The van der Waals surface area contributed by atoms with Crippen molar-refractivity contribution in [1.82, 2.24) is 31.2 Å². The second kappa shape index (κ2) is 13.5. The minimum absolute atomic E-state index is 0.00202. The van der Waals surface area contributed by atoms with Gasteiger partial charge in [0.15, 0.2) is 5.01 Å². The van der Waals surface area contributed by atoms with Crippen molar-refractivity contribution in [1.29, 1.82) is 0 Å². The van der Waals surface area contributed by atoms with Gasteiger partial charge in [0.05, 0.1) is 6.04 Å². The standard InChI is InChI=1S/C27H41N7O6S/c1-14(2)17(18(35)24-29-11-13-41-24)31-26(40)32-20(27(3,4)5)25(39)34-12-7-6-8-16(34)23(38)33-22(19(36)21(28)37)30-15-9-10-15/h11,13-17,20,22,30H,6-10,12H2,1-5H3,(H2,28,37)(H,33,38)(H2,31,32,40). The van der Waals surface area contributed by atoms with E-state index >= 15 is 0 Å². The Morgan fingerprint density at radius 3 is 2.24 bits per heavy atom. The number of amides is 5. The number of urea groups is 1. The summed E-state index contributed by atoms with van der Waals surface area (Å²) in [4.78, 5) is 82.7. The van der Waals surface area contributed by atoms with Gasteiger partial charge < -0.3 is 26.6 Å². The summed E-state index contributed by atoms with van der Waals surface area (Å²) in [7, 11) is 0.